The van der Waals surface area contributed by atoms with Gasteiger partial charge in [-0.15, -0.1) is 11.3 Å². The van der Waals surface area contributed by atoms with Gasteiger partial charge in [0.2, 0.25) is 11.8 Å². The van der Waals surface area contributed by atoms with Crippen molar-refractivity contribution in [1.29, 1.82) is 0 Å². The first-order chi connectivity index (χ1) is 9.90. The molecule has 114 valence electrons. The van der Waals surface area contributed by atoms with Crippen LogP contribution in [0.1, 0.15) is 38.5 Å². The normalized spacial score (nSPS) is 26.9. The summed E-state index contributed by atoms with van der Waals surface area (Å²) < 4.78 is 0. The van der Waals surface area contributed by atoms with Crippen molar-refractivity contribution in [3.63, 3.8) is 0 Å². The Hall–Kier alpha value is -1.36. The fraction of sp³-hybridized carbons (Fsp3) is 0.625. The Balaban J connectivity index is 1.81. The standard InChI is InChI=1S/C16H22N2O2S/c1-10-14(19)17-13(11-6-7-11)15(20)18(10)9-16(2,3)12-5-4-8-21-12/h4-5,8,10-11,13H,6-7,9H2,1-3H3,(H,17,19). The monoisotopic (exact) mass is 306 g/mol. The average Bonchev–Trinajstić information content (AvgIpc) is 3.11. The molecule has 1 saturated carbocycles. The van der Waals surface area contributed by atoms with Crippen molar-refractivity contribution in [3.05, 3.63) is 22.4 Å². The van der Waals surface area contributed by atoms with Crippen LogP contribution in [0, 0.1) is 5.92 Å². The lowest BCUT2D eigenvalue weighted by molar-refractivity contribution is -0.150. The van der Waals surface area contributed by atoms with Gasteiger partial charge in [0.25, 0.3) is 0 Å². The van der Waals surface area contributed by atoms with Crippen molar-refractivity contribution in [2.24, 2.45) is 5.92 Å². The van der Waals surface area contributed by atoms with Gasteiger partial charge in [0.15, 0.2) is 0 Å². The van der Waals surface area contributed by atoms with Crippen LogP contribution in [-0.2, 0) is 15.0 Å². The summed E-state index contributed by atoms with van der Waals surface area (Å²) in [4.78, 5) is 27.9. The van der Waals surface area contributed by atoms with Gasteiger partial charge in [0.1, 0.15) is 12.1 Å². The van der Waals surface area contributed by atoms with Crippen LogP contribution in [0.5, 0.6) is 0 Å². The highest BCUT2D eigenvalue weighted by Gasteiger charge is 2.46. The lowest BCUT2D eigenvalue weighted by atomic mass is 9.89. The molecule has 2 amide bonds. The van der Waals surface area contributed by atoms with Crippen LogP contribution in [-0.4, -0.2) is 35.3 Å². The third-order valence-electron chi connectivity index (χ3n) is 4.54. The van der Waals surface area contributed by atoms with Crippen molar-refractivity contribution in [2.45, 2.75) is 51.1 Å². The molecular formula is C16H22N2O2S. The van der Waals surface area contributed by atoms with E-state index in [1.807, 2.05) is 13.0 Å². The average molecular weight is 306 g/mol. The summed E-state index contributed by atoms with van der Waals surface area (Å²) in [6.45, 7) is 6.68. The number of hydrogen-bond donors (Lipinski definition) is 1. The third-order valence-corrected chi connectivity index (χ3v) is 5.78. The number of thiophene rings is 1. The van der Waals surface area contributed by atoms with Crippen molar-refractivity contribution >= 4 is 23.2 Å². The maximum Gasteiger partial charge on any atom is 0.246 e. The summed E-state index contributed by atoms with van der Waals surface area (Å²) in [6.07, 6.45) is 2.10. The maximum atomic E-state index is 12.7. The molecule has 2 aliphatic rings. The molecule has 2 atom stereocenters. The molecule has 0 bridgehead atoms. The molecule has 2 heterocycles. The third kappa shape index (κ3) is 2.71. The molecule has 1 N–H and O–H groups in total. The Morgan fingerprint density at radius 1 is 1.38 bits per heavy atom. The molecular weight excluding hydrogens is 284 g/mol. The van der Waals surface area contributed by atoms with Gasteiger partial charge in [-0.05, 0) is 37.1 Å². The van der Waals surface area contributed by atoms with Crippen LogP contribution in [0.2, 0.25) is 0 Å². The largest absolute Gasteiger partial charge is 0.342 e. The van der Waals surface area contributed by atoms with Crippen molar-refractivity contribution in [1.82, 2.24) is 10.2 Å². The Kier molecular flexibility index (Phi) is 3.56. The lowest BCUT2D eigenvalue weighted by Gasteiger charge is -2.41. The molecule has 0 spiro atoms. The number of carbonyl (C=O) groups excluding carboxylic acids is 2. The van der Waals surface area contributed by atoms with E-state index < -0.39 is 0 Å². The Morgan fingerprint density at radius 2 is 2.10 bits per heavy atom. The second-order valence-electron chi connectivity index (χ2n) is 6.83. The van der Waals surface area contributed by atoms with E-state index in [2.05, 4.69) is 30.6 Å². The number of amides is 2. The molecule has 5 heteroatoms. The van der Waals surface area contributed by atoms with Gasteiger partial charge in [-0.3, -0.25) is 9.59 Å². The van der Waals surface area contributed by atoms with E-state index in [-0.39, 0.29) is 29.3 Å². The van der Waals surface area contributed by atoms with E-state index in [0.717, 1.165) is 12.8 Å². The van der Waals surface area contributed by atoms with Crippen LogP contribution in [0.3, 0.4) is 0 Å². The maximum absolute atomic E-state index is 12.7. The van der Waals surface area contributed by atoms with E-state index in [0.29, 0.717) is 12.5 Å². The number of carbonyl (C=O) groups is 2. The highest BCUT2D eigenvalue weighted by Crippen LogP contribution is 2.36. The molecule has 4 nitrogen and oxygen atoms in total. The highest BCUT2D eigenvalue weighted by molar-refractivity contribution is 7.10. The van der Waals surface area contributed by atoms with Crippen LogP contribution in [0.25, 0.3) is 0 Å². The van der Waals surface area contributed by atoms with Crippen LogP contribution in [0.4, 0.5) is 0 Å². The van der Waals surface area contributed by atoms with E-state index in [1.165, 1.54) is 4.88 Å². The first kappa shape index (κ1) is 14.6. The summed E-state index contributed by atoms with van der Waals surface area (Å²) in [5.74, 6) is 0.420. The number of hydrogen-bond acceptors (Lipinski definition) is 3. The predicted octanol–water partition coefficient (Wildman–Crippen LogP) is 2.15. The summed E-state index contributed by atoms with van der Waals surface area (Å²) in [5, 5.41) is 4.95. The Bertz CT molecular complexity index is 549. The van der Waals surface area contributed by atoms with E-state index in [9.17, 15) is 9.59 Å². The second-order valence-corrected chi connectivity index (χ2v) is 7.77. The zero-order valence-corrected chi connectivity index (χ0v) is 13.6. The van der Waals surface area contributed by atoms with Crippen LogP contribution in [0.15, 0.2) is 17.5 Å². The second kappa shape index (κ2) is 5.13. The van der Waals surface area contributed by atoms with Gasteiger partial charge in [0.05, 0.1) is 0 Å². The highest BCUT2D eigenvalue weighted by atomic mass is 32.1. The van der Waals surface area contributed by atoms with Crippen molar-refractivity contribution in [3.8, 4) is 0 Å². The number of rotatable bonds is 4. The minimum Gasteiger partial charge on any atom is -0.342 e. The minimum absolute atomic E-state index is 0.0199. The molecule has 1 aromatic rings. The SMILES string of the molecule is CC1C(=O)NC(C2CC2)C(=O)N1CC(C)(C)c1cccs1. The zero-order chi connectivity index (χ0) is 15.2. The topological polar surface area (TPSA) is 49.4 Å². The summed E-state index contributed by atoms with van der Waals surface area (Å²) in [5.41, 5.74) is -0.135. The first-order valence-corrected chi connectivity index (χ1v) is 8.43. The molecule has 2 fully saturated rings. The van der Waals surface area contributed by atoms with Crippen LogP contribution < -0.4 is 5.32 Å². The van der Waals surface area contributed by atoms with Crippen molar-refractivity contribution < 1.29 is 9.59 Å². The quantitative estimate of drug-likeness (QED) is 0.926. The minimum atomic E-state index is -0.383. The van der Waals surface area contributed by atoms with Gasteiger partial charge < -0.3 is 10.2 Å². The van der Waals surface area contributed by atoms with E-state index in [4.69, 9.17) is 0 Å². The molecule has 3 rings (SSSR count). The fourth-order valence-electron chi connectivity index (χ4n) is 2.98. The summed E-state index contributed by atoms with van der Waals surface area (Å²) >= 11 is 1.70. The molecule has 1 aliphatic heterocycles. The van der Waals surface area contributed by atoms with E-state index >= 15 is 0 Å². The van der Waals surface area contributed by atoms with Gasteiger partial charge in [-0.1, -0.05) is 19.9 Å². The Morgan fingerprint density at radius 3 is 2.67 bits per heavy atom. The van der Waals surface area contributed by atoms with Gasteiger partial charge >= 0.3 is 0 Å². The van der Waals surface area contributed by atoms with Crippen LogP contribution >= 0.6 is 11.3 Å². The molecule has 0 aromatic carbocycles. The number of piperazine rings is 1. The molecule has 2 unspecified atom stereocenters. The molecule has 1 aromatic heterocycles. The zero-order valence-electron chi connectivity index (χ0n) is 12.8. The lowest BCUT2D eigenvalue weighted by Crippen LogP contribution is -2.64. The molecule has 1 aliphatic carbocycles. The fourth-order valence-corrected chi connectivity index (χ4v) is 3.82. The van der Waals surface area contributed by atoms with Crippen molar-refractivity contribution in [2.75, 3.05) is 6.54 Å². The predicted molar refractivity (Wildman–Crippen MR) is 83.2 cm³/mol. The summed E-state index contributed by atoms with van der Waals surface area (Å²) in [6, 6.07) is 3.45. The number of nitrogens with one attached hydrogen (secondary N) is 1. The molecule has 21 heavy (non-hydrogen) atoms. The number of nitrogens with zero attached hydrogens (tertiary/aromatic N) is 1. The van der Waals surface area contributed by atoms with Gasteiger partial charge in [0, 0.05) is 16.8 Å². The molecule has 1 saturated heterocycles. The van der Waals surface area contributed by atoms with Gasteiger partial charge in [-0.2, -0.15) is 0 Å². The smallest absolute Gasteiger partial charge is 0.246 e. The molecule has 0 radical (unpaired) electrons. The first-order valence-electron chi connectivity index (χ1n) is 7.55. The summed E-state index contributed by atoms with van der Waals surface area (Å²) in [7, 11) is 0. The Labute approximate surface area is 129 Å². The van der Waals surface area contributed by atoms with E-state index in [1.54, 1.807) is 16.2 Å². The van der Waals surface area contributed by atoms with Gasteiger partial charge in [-0.25, -0.2) is 0 Å².